The zero-order valence-corrected chi connectivity index (χ0v) is 22.7. The normalized spacial score (nSPS) is 17.6. The van der Waals surface area contributed by atoms with E-state index in [9.17, 15) is 9.59 Å². The molecular weight excluding hydrogens is 474 g/mol. The van der Waals surface area contributed by atoms with Gasteiger partial charge in [-0.25, -0.2) is 0 Å². The van der Waals surface area contributed by atoms with Crippen molar-refractivity contribution < 1.29 is 19.1 Å². The van der Waals surface area contributed by atoms with Gasteiger partial charge in [0.2, 0.25) is 0 Å². The van der Waals surface area contributed by atoms with Crippen molar-refractivity contribution in [3.63, 3.8) is 0 Å². The molecule has 38 heavy (non-hydrogen) atoms. The number of hydrogen-bond acceptors (Lipinski definition) is 5. The Morgan fingerprint density at radius 1 is 0.816 bits per heavy atom. The fraction of sp³-hybridized carbons (Fsp3) is 0.394. The molecule has 5 nitrogen and oxygen atoms in total. The Hall–Kier alpha value is -3.44. The van der Waals surface area contributed by atoms with Gasteiger partial charge < -0.3 is 9.47 Å². The Balaban J connectivity index is 1.50. The highest BCUT2D eigenvalue weighted by atomic mass is 16.6. The summed E-state index contributed by atoms with van der Waals surface area (Å²) in [7, 11) is 0. The van der Waals surface area contributed by atoms with Gasteiger partial charge in [0.25, 0.3) is 0 Å². The molecule has 3 atom stereocenters. The van der Waals surface area contributed by atoms with Crippen LogP contribution in [0.25, 0.3) is 0 Å². The maximum absolute atomic E-state index is 13.6. The van der Waals surface area contributed by atoms with Crippen LogP contribution < -0.4 is 0 Å². The molecule has 200 valence electrons. The quantitative estimate of drug-likeness (QED) is 0.257. The molecule has 1 fully saturated rings. The van der Waals surface area contributed by atoms with Crippen LogP contribution in [0.5, 0.6) is 0 Å². The number of carbonyl (C=O) groups is 2. The van der Waals surface area contributed by atoms with Gasteiger partial charge in [-0.1, -0.05) is 91.0 Å². The molecule has 2 unspecified atom stereocenters. The van der Waals surface area contributed by atoms with Gasteiger partial charge in [-0.15, -0.1) is 0 Å². The second-order valence-corrected chi connectivity index (χ2v) is 11.2. The predicted octanol–water partition coefficient (Wildman–Crippen LogP) is 6.56. The van der Waals surface area contributed by atoms with Crippen LogP contribution in [0.15, 0.2) is 91.0 Å². The van der Waals surface area contributed by atoms with Gasteiger partial charge in [0, 0.05) is 13.1 Å². The summed E-state index contributed by atoms with van der Waals surface area (Å²) < 4.78 is 11.5. The number of benzene rings is 3. The summed E-state index contributed by atoms with van der Waals surface area (Å²) in [6.07, 6.45) is 2.21. The number of ether oxygens (including phenoxy) is 2. The van der Waals surface area contributed by atoms with E-state index in [1.165, 1.54) is 0 Å². The van der Waals surface area contributed by atoms with Crippen LogP contribution in [0.3, 0.4) is 0 Å². The van der Waals surface area contributed by atoms with Crippen molar-refractivity contribution in [1.29, 1.82) is 0 Å². The summed E-state index contributed by atoms with van der Waals surface area (Å²) in [6, 6.07) is 29.8. The summed E-state index contributed by atoms with van der Waals surface area (Å²) in [6.45, 7) is 7.18. The molecule has 3 aromatic carbocycles. The third-order valence-electron chi connectivity index (χ3n) is 6.84. The second kappa shape index (κ2) is 12.9. The highest BCUT2D eigenvalue weighted by Gasteiger charge is 2.45. The van der Waals surface area contributed by atoms with Crippen molar-refractivity contribution in [2.24, 2.45) is 11.8 Å². The Kier molecular flexibility index (Phi) is 9.35. The van der Waals surface area contributed by atoms with Crippen molar-refractivity contribution in [3.8, 4) is 0 Å². The molecule has 1 aliphatic carbocycles. The van der Waals surface area contributed by atoms with E-state index in [0.717, 1.165) is 29.5 Å². The molecule has 0 bridgehead atoms. The van der Waals surface area contributed by atoms with E-state index >= 15 is 0 Å². The molecule has 3 aromatic rings. The van der Waals surface area contributed by atoms with E-state index < -0.39 is 11.6 Å². The minimum Gasteiger partial charge on any atom is -0.460 e. The zero-order chi connectivity index (χ0) is 27.0. The summed E-state index contributed by atoms with van der Waals surface area (Å²) in [5.74, 6) is -0.192. The summed E-state index contributed by atoms with van der Waals surface area (Å²) in [4.78, 5) is 28.4. The van der Waals surface area contributed by atoms with Crippen LogP contribution >= 0.6 is 0 Å². The molecule has 0 spiro atoms. The molecule has 0 aromatic heterocycles. The summed E-state index contributed by atoms with van der Waals surface area (Å²) in [5, 5.41) is 0. The summed E-state index contributed by atoms with van der Waals surface area (Å²) >= 11 is 0. The maximum Gasteiger partial charge on any atom is 0.323 e. The van der Waals surface area contributed by atoms with Gasteiger partial charge in [-0.3, -0.25) is 14.5 Å². The fourth-order valence-electron chi connectivity index (χ4n) is 4.79. The van der Waals surface area contributed by atoms with Crippen molar-refractivity contribution in [2.45, 2.75) is 71.4 Å². The largest absolute Gasteiger partial charge is 0.460 e. The second-order valence-electron chi connectivity index (χ2n) is 11.2. The van der Waals surface area contributed by atoms with Crippen LogP contribution in [0.1, 0.15) is 56.7 Å². The number of nitrogens with zero attached hydrogens (tertiary/aromatic N) is 1. The van der Waals surface area contributed by atoms with Gasteiger partial charge >= 0.3 is 11.9 Å². The number of esters is 2. The Labute approximate surface area is 226 Å². The first kappa shape index (κ1) is 27.6. The lowest BCUT2D eigenvalue weighted by atomic mass is 10.0. The third kappa shape index (κ3) is 8.56. The fourth-order valence-corrected chi connectivity index (χ4v) is 4.79. The summed E-state index contributed by atoms with van der Waals surface area (Å²) in [5.41, 5.74) is 2.75. The van der Waals surface area contributed by atoms with Crippen LogP contribution in [0, 0.1) is 11.8 Å². The standard InChI is InChI=1S/C33H39NO4/c1-33(2,3)38-31(35)29-21-28(29)19-20-30(32(36)37-24-27-17-11-6-12-18-27)34(22-25-13-7-4-8-14-25)23-26-15-9-5-10-16-26/h4-18,28-30H,19-24H2,1-3H3/t28?,29?,30-/m0/s1. The average molecular weight is 514 g/mol. The highest BCUT2D eigenvalue weighted by molar-refractivity contribution is 5.77. The van der Waals surface area contributed by atoms with Gasteiger partial charge in [0.15, 0.2) is 0 Å². The van der Waals surface area contributed by atoms with E-state index in [2.05, 4.69) is 29.2 Å². The van der Waals surface area contributed by atoms with Crippen LogP contribution in [0.4, 0.5) is 0 Å². The molecular formula is C33H39NO4. The predicted molar refractivity (Wildman–Crippen MR) is 149 cm³/mol. The van der Waals surface area contributed by atoms with Crippen LogP contribution in [-0.2, 0) is 38.8 Å². The number of rotatable bonds is 12. The smallest absolute Gasteiger partial charge is 0.323 e. The van der Waals surface area contributed by atoms with Gasteiger partial charge in [-0.2, -0.15) is 0 Å². The number of hydrogen-bond donors (Lipinski definition) is 0. The van der Waals surface area contributed by atoms with E-state index in [4.69, 9.17) is 9.47 Å². The molecule has 0 radical (unpaired) electrons. The van der Waals surface area contributed by atoms with E-state index in [-0.39, 0.29) is 30.4 Å². The Morgan fingerprint density at radius 2 is 1.32 bits per heavy atom. The minimum atomic E-state index is -0.490. The van der Waals surface area contributed by atoms with E-state index in [0.29, 0.717) is 19.5 Å². The first-order valence-corrected chi connectivity index (χ1v) is 13.5. The Morgan fingerprint density at radius 3 is 1.82 bits per heavy atom. The molecule has 0 heterocycles. The lowest BCUT2D eigenvalue weighted by molar-refractivity contribution is -0.156. The lowest BCUT2D eigenvalue weighted by Crippen LogP contribution is -2.41. The highest BCUT2D eigenvalue weighted by Crippen LogP contribution is 2.44. The molecule has 0 N–H and O–H groups in total. The van der Waals surface area contributed by atoms with Gasteiger partial charge in [-0.05, 0) is 62.6 Å². The van der Waals surface area contributed by atoms with Crippen molar-refractivity contribution in [2.75, 3.05) is 0 Å². The van der Waals surface area contributed by atoms with Crippen molar-refractivity contribution in [3.05, 3.63) is 108 Å². The molecule has 4 rings (SSSR count). The number of carbonyl (C=O) groups excluding carboxylic acids is 2. The monoisotopic (exact) mass is 513 g/mol. The molecule has 1 saturated carbocycles. The van der Waals surface area contributed by atoms with Crippen LogP contribution in [0.2, 0.25) is 0 Å². The first-order valence-electron chi connectivity index (χ1n) is 13.5. The lowest BCUT2D eigenvalue weighted by Gasteiger charge is -2.31. The third-order valence-corrected chi connectivity index (χ3v) is 6.84. The molecule has 0 amide bonds. The molecule has 0 saturated heterocycles. The molecule has 0 aliphatic heterocycles. The SMILES string of the molecule is CC(C)(C)OC(=O)C1CC1CC[C@@H](C(=O)OCc1ccccc1)N(Cc1ccccc1)Cc1ccccc1. The maximum atomic E-state index is 13.6. The Bertz CT molecular complexity index is 1120. The van der Waals surface area contributed by atoms with Crippen molar-refractivity contribution >= 4 is 11.9 Å². The van der Waals surface area contributed by atoms with Gasteiger partial charge in [0.1, 0.15) is 18.2 Å². The first-order chi connectivity index (χ1) is 18.3. The van der Waals surface area contributed by atoms with Gasteiger partial charge in [0.05, 0.1) is 5.92 Å². The van der Waals surface area contributed by atoms with E-state index in [1.807, 2.05) is 87.5 Å². The zero-order valence-electron chi connectivity index (χ0n) is 22.7. The average Bonchev–Trinajstić information content (AvgIpc) is 3.68. The minimum absolute atomic E-state index is 0.0769. The molecule has 5 heteroatoms. The van der Waals surface area contributed by atoms with Crippen molar-refractivity contribution in [1.82, 2.24) is 4.90 Å². The topological polar surface area (TPSA) is 55.8 Å². The molecule has 1 aliphatic rings. The van der Waals surface area contributed by atoms with Crippen LogP contribution in [-0.4, -0.2) is 28.5 Å². The van der Waals surface area contributed by atoms with E-state index in [1.54, 1.807) is 0 Å².